The van der Waals surface area contributed by atoms with Gasteiger partial charge >= 0.3 is 6.18 Å². The van der Waals surface area contributed by atoms with Crippen molar-refractivity contribution in [1.29, 1.82) is 0 Å². The van der Waals surface area contributed by atoms with Gasteiger partial charge in [-0.15, -0.1) is 0 Å². The van der Waals surface area contributed by atoms with E-state index in [0.717, 1.165) is 12.8 Å². The average Bonchev–Trinajstić information content (AvgIpc) is 2.42. The highest BCUT2D eigenvalue weighted by Crippen LogP contribution is 2.35. The van der Waals surface area contributed by atoms with Gasteiger partial charge in [0.25, 0.3) is 0 Å². The van der Waals surface area contributed by atoms with Crippen molar-refractivity contribution in [3.63, 3.8) is 0 Å². The van der Waals surface area contributed by atoms with Crippen molar-refractivity contribution in [2.24, 2.45) is 11.7 Å². The highest BCUT2D eigenvalue weighted by Gasteiger charge is 2.33. The summed E-state index contributed by atoms with van der Waals surface area (Å²) >= 11 is 0. The zero-order valence-corrected chi connectivity index (χ0v) is 6.19. The van der Waals surface area contributed by atoms with Gasteiger partial charge in [-0.3, -0.25) is 0 Å². The number of alkyl halides is 3. The molecule has 11 heavy (non-hydrogen) atoms. The molecule has 0 aliphatic heterocycles. The predicted octanol–water partition coefficient (Wildman–Crippen LogP) is 2.07. The van der Waals surface area contributed by atoms with E-state index >= 15 is 0 Å². The Morgan fingerprint density at radius 2 is 1.91 bits per heavy atom. The highest BCUT2D eigenvalue weighted by molar-refractivity contribution is 4.79. The van der Waals surface area contributed by atoms with E-state index in [1.807, 2.05) is 0 Å². The second-order valence-electron chi connectivity index (χ2n) is 3.26. The number of rotatable bonds is 3. The van der Waals surface area contributed by atoms with Gasteiger partial charge in [0.1, 0.15) is 0 Å². The van der Waals surface area contributed by atoms with E-state index in [0.29, 0.717) is 12.3 Å². The molecule has 1 saturated carbocycles. The van der Waals surface area contributed by atoms with Gasteiger partial charge < -0.3 is 5.73 Å². The Labute approximate surface area is 63.8 Å². The van der Waals surface area contributed by atoms with Crippen molar-refractivity contribution < 1.29 is 13.2 Å². The molecule has 0 unspecified atom stereocenters. The molecule has 0 spiro atoms. The summed E-state index contributed by atoms with van der Waals surface area (Å²) in [5.74, 6) is 0.479. The number of hydrogen-bond acceptors (Lipinski definition) is 1. The maximum absolute atomic E-state index is 11.7. The van der Waals surface area contributed by atoms with Crippen LogP contribution in [0.5, 0.6) is 0 Å². The standard InChI is InChI=1S/C7H12F3N/c8-7(9,10)4-6(11)3-5-1-2-5/h5-6H,1-4,11H2/t6-/m0/s1. The van der Waals surface area contributed by atoms with Gasteiger partial charge in [-0.25, -0.2) is 0 Å². The molecule has 0 aromatic rings. The molecule has 1 rings (SSSR count). The summed E-state index contributed by atoms with van der Waals surface area (Å²) in [4.78, 5) is 0. The third kappa shape index (κ3) is 4.24. The average molecular weight is 167 g/mol. The van der Waals surface area contributed by atoms with E-state index in [4.69, 9.17) is 5.73 Å². The Bertz CT molecular complexity index is 128. The largest absolute Gasteiger partial charge is 0.390 e. The van der Waals surface area contributed by atoms with Crippen molar-refractivity contribution >= 4 is 0 Å². The summed E-state index contributed by atoms with van der Waals surface area (Å²) < 4.78 is 35.1. The van der Waals surface area contributed by atoms with Gasteiger partial charge in [-0.05, 0) is 12.3 Å². The van der Waals surface area contributed by atoms with Gasteiger partial charge in [0.15, 0.2) is 0 Å². The van der Waals surface area contributed by atoms with Crippen LogP contribution in [0.25, 0.3) is 0 Å². The van der Waals surface area contributed by atoms with Crippen LogP contribution in [0, 0.1) is 5.92 Å². The first kappa shape index (κ1) is 8.84. The first-order valence-corrected chi connectivity index (χ1v) is 3.80. The Morgan fingerprint density at radius 3 is 2.27 bits per heavy atom. The fourth-order valence-corrected chi connectivity index (χ4v) is 1.16. The minimum Gasteiger partial charge on any atom is -0.327 e. The van der Waals surface area contributed by atoms with Crippen LogP contribution in [0.1, 0.15) is 25.7 Å². The first-order chi connectivity index (χ1) is 4.97. The monoisotopic (exact) mass is 167 g/mol. The maximum Gasteiger partial charge on any atom is 0.390 e. The minimum absolute atomic E-state index is 0.479. The Hall–Kier alpha value is -0.250. The lowest BCUT2D eigenvalue weighted by Gasteiger charge is -2.12. The fraction of sp³-hybridized carbons (Fsp3) is 1.00. The molecule has 0 aromatic heterocycles. The van der Waals surface area contributed by atoms with Crippen LogP contribution in [0.15, 0.2) is 0 Å². The van der Waals surface area contributed by atoms with Crippen LogP contribution >= 0.6 is 0 Å². The minimum atomic E-state index is -4.09. The van der Waals surface area contributed by atoms with Gasteiger partial charge in [-0.1, -0.05) is 12.8 Å². The van der Waals surface area contributed by atoms with Crippen molar-refractivity contribution in [3.8, 4) is 0 Å². The molecule has 0 heterocycles. The molecule has 0 saturated heterocycles. The molecule has 0 amide bonds. The number of hydrogen-bond donors (Lipinski definition) is 1. The van der Waals surface area contributed by atoms with Gasteiger partial charge in [0.2, 0.25) is 0 Å². The molecule has 1 nitrogen and oxygen atoms in total. The van der Waals surface area contributed by atoms with Crippen molar-refractivity contribution in [3.05, 3.63) is 0 Å². The molecule has 0 bridgehead atoms. The normalized spacial score (nSPS) is 21.8. The molecule has 1 atom stereocenters. The molecule has 66 valence electrons. The number of nitrogens with two attached hydrogens (primary N) is 1. The SMILES string of the molecule is N[C@@H](CC1CC1)CC(F)(F)F. The summed E-state index contributed by atoms with van der Waals surface area (Å²) in [7, 11) is 0. The predicted molar refractivity (Wildman–Crippen MR) is 36.0 cm³/mol. The van der Waals surface area contributed by atoms with E-state index in [9.17, 15) is 13.2 Å². The lowest BCUT2D eigenvalue weighted by Crippen LogP contribution is -2.27. The Morgan fingerprint density at radius 1 is 1.36 bits per heavy atom. The summed E-state index contributed by atoms with van der Waals surface area (Å²) in [6.07, 6.45) is -2.26. The van der Waals surface area contributed by atoms with Crippen LogP contribution in [0.4, 0.5) is 13.2 Å². The van der Waals surface area contributed by atoms with Gasteiger partial charge in [-0.2, -0.15) is 13.2 Å². The topological polar surface area (TPSA) is 26.0 Å². The zero-order chi connectivity index (χ0) is 8.48. The van der Waals surface area contributed by atoms with Gasteiger partial charge in [0, 0.05) is 6.04 Å². The van der Waals surface area contributed by atoms with Gasteiger partial charge in [0.05, 0.1) is 6.42 Å². The molecule has 1 aliphatic rings. The number of halogens is 3. The van der Waals surface area contributed by atoms with Crippen LogP contribution in [0.3, 0.4) is 0 Å². The third-order valence-corrected chi connectivity index (χ3v) is 1.83. The van der Waals surface area contributed by atoms with Crippen molar-refractivity contribution in [2.75, 3.05) is 0 Å². The van der Waals surface area contributed by atoms with E-state index in [1.165, 1.54) is 0 Å². The molecule has 0 radical (unpaired) electrons. The van der Waals surface area contributed by atoms with Crippen LogP contribution < -0.4 is 5.73 Å². The van der Waals surface area contributed by atoms with Crippen molar-refractivity contribution in [2.45, 2.75) is 37.9 Å². The molecule has 1 aliphatic carbocycles. The highest BCUT2D eigenvalue weighted by atomic mass is 19.4. The zero-order valence-electron chi connectivity index (χ0n) is 6.19. The van der Waals surface area contributed by atoms with Crippen LogP contribution in [0.2, 0.25) is 0 Å². The van der Waals surface area contributed by atoms with E-state index in [2.05, 4.69) is 0 Å². The molecular formula is C7H12F3N. The molecule has 1 fully saturated rings. The third-order valence-electron chi connectivity index (χ3n) is 1.83. The van der Waals surface area contributed by atoms with Crippen LogP contribution in [-0.2, 0) is 0 Å². The molecule has 2 N–H and O–H groups in total. The first-order valence-electron chi connectivity index (χ1n) is 3.80. The smallest absolute Gasteiger partial charge is 0.327 e. The maximum atomic E-state index is 11.7. The summed E-state index contributed by atoms with van der Waals surface area (Å²) in [6.45, 7) is 0. The van der Waals surface area contributed by atoms with E-state index in [1.54, 1.807) is 0 Å². The summed E-state index contributed by atoms with van der Waals surface area (Å²) in [5, 5.41) is 0. The molecule has 4 heteroatoms. The lowest BCUT2D eigenvalue weighted by molar-refractivity contribution is -0.138. The Kier molecular flexibility index (Phi) is 2.42. The second kappa shape index (κ2) is 3.01. The quantitative estimate of drug-likeness (QED) is 0.684. The molecular weight excluding hydrogens is 155 g/mol. The van der Waals surface area contributed by atoms with E-state index < -0.39 is 18.6 Å². The summed E-state index contributed by atoms with van der Waals surface area (Å²) in [6, 6.07) is -0.678. The fourth-order valence-electron chi connectivity index (χ4n) is 1.16. The lowest BCUT2D eigenvalue weighted by atomic mass is 10.1. The summed E-state index contributed by atoms with van der Waals surface area (Å²) in [5.41, 5.74) is 5.28. The second-order valence-corrected chi connectivity index (χ2v) is 3.26. The Balaban J connectivity index is 2.13. The van der Waals surface area contributed by atoms with Crippen LogP contribution in [-0.4, -0.2) is 12.2 Å². The van der Waals surface area contributed by atoms with Crippen molar-refractivity contribution in [1.82, 2.24) is 0 Å². The molecule has 0 aromatic carbocycles. The van der Waals surface area contributed by atoms with E-state index in [-0.39, 0.29) is 0 Å².